The van der Waals surface area contributed by atoms with Gasteiger partial charge in [-0.2, -0.15) is 0 Å². The van der Waals surface area contributed by atoms with Crippen LogP contribution in [0.15, 0.2) is 18.2 Å². The fraction of sp³-hybridized carbons (Fsp3) is 0.600. The lowest BCUT2D eigenvalue weighted by Gasteiger charge is -2.32. The zero-order valence-electron chi connectivity index (χ0n) is 12.0. The summed E-state index contributed by atoms with van der Waals surface area (Å²) in [7, 11) is 1.69. The maximum atomic E-state index is 6.27. The third kappa shape index (κ3) is 4.81. The van der Waals surface area contributed by atoms with Crippen molar-refractivity contribution in [3.05, 3.63) is 28.8 Å². The Hall–Kier alpha value is -0.480. The van der Waals surface area contributed by atoms with E-state index in [1.165, 1.54) is 12.8 Å². The van der Waals surface area contributed by atoms with Gasteiger partial charge in [0.05, 0.1) is 7.11 Å². The van der Waals surface area contributed by atoms with Crippen LogP contribution in [0.25, 0.3) is 0 Å². The van der Waals surface area contributed by atoms with Gasteiger partial charge in [0.2, 0.25) is 0 Å². The predicted octanol–water partition coefficient (Wildman–Crippen LogP) is 3.33. The van der Waals surface area contributed by atoms with Crippen LogP contribution in [0.4, 0.5) is 0 Å². The van der Waals surface area contributed by atoms with Gasteiger partial charge in [-0.05, 0) is 62.0 Å². The van der Waals surface area contributed by atoms with Crippen LogP contribution in [0.3, 0.4) is 0 Å². The van der Waals surface area contributed by atoms with Crippen molar-refractivity contribution in [1.82, 2.24) is 4.90 Å². The number of ether oxygens (including phenoxy) is 1. The Balaban J connectivity index is 0.00000200. The normalized spacial score (nSPS) is 19.4. The standard InChI is InChI=1S/C15H23ClN2O.ClH/c1-19-14-4-5-15(16)13(9-14)11-18-8-2-3-12(10-18)6-7-17;/h4-5,9,12H,2-3,6-8,10-11,17H2,1H3;1H. The molecule has 1 aliphatic rings. The molecule has 0 spiro atoms. The number of likely N-dealkylation sites (tertiary alicyclic amines) is 1. The van der Waals surface area contributed by atoms with Gasteiger partial charge in [0.25, 0.3) is 0 Å². The van der Waals surface area contributed by atoms with Crippen molar-refractivity contribution in [2.75, 3.05) is 26.7 Å². The Bertz CT molecular complexity index is 413. The Morgan fingerprint density at radius 2 is 2.25 bits per heavy atom. The van der Waals surface area contributed by atoms with E-state index in [1.807, 2.05) is 18.2 Å². The van der Waals surface area contributed by atoms with E-state index in [0.29, 0.717) is 0 Å². The van der Waals surface area contributed by atoms with Crippen molar-refractivity contribution >= 4 is 24.0 Å². The molecule has 1 aromatic rings. The molecule has 20 heavy (non-hydrogen) atoms. The zero-order chi connectivity index (χ0) is 13.7. The molecule has 0 aliphatic carbocycles. The highest BCUT2D eigenvalue weighted by Gasteiger charge is 2.20. The van der Waals surface area contributed by atoms with Gasteiger partial charge in [0.15, 0.2) is 0 Å². The molecule has 1 heterocycles. The lowest BCUT2D eigenvalue weighted by atomic mass is 9.94. The average Bonchev–Trinajstić information content (AvgIpc) is 2.42. The van der Waals surface area contributed by atoms with Gasteiger partial charge in [0.1, 0.15) is 5.75 Å². The van der Waals surface area contributed by atoms with Crippen LogP contribution in [0.5, 0.6) is 5.75 Å². The summed E-state index contributed by atoms with van der Waals surface area (Å²) in [6.45, 7) is 3.97. The van der Waals surface area contributed by atoms with Crippen LogP contribution in [0.2, 0.25) is 5.02 Å². The molecule has 114 valence electrons. The second-order valence-corrected chi connectivity index (χ2v) is 5.69. The summed E-state index contributed by atoms with van der Waals surface area (Å²) in [6.07, 6.45) is 3.69. The van der Waals surface area contributed by atoms with E-state index in [9.17, 15) is 0 Å². The first-order chi connectivity index (χ1) is 9.22. The van der Waals surface area contributed by atoms with Crippen molar-refractivity contribution in [3.8, 4) is 5.75 Å². The highest BCUT2D eigenvalue weighted by Crippen LogP contribution is 2.26. The first-order valence-electron chi connectivity index (χ1n) is 6.97. The highest BCUT2D eigenvalue weighted by atomic mass is 35.5. The first kappa shape index (κ1) is 17.6. The number of halogens is 2. The largest absolute Gasteiger partial charge is 0.497 e. The number of hydrogen-bond acceptors (Lipinski definition) is 3. The van der Waals surface area contributed by atoms with Crippen molar-refractivity contribution < 1.29 is 4.74 Å². The maximum Gasteiger partial charge on any atom is 0.119 e. The number of rotatable bonds is 5. The molecule has 1 aromatic carbocycles. The van der Waals surface area contributed by atoms with E-state index in [-0.39, 0.29) is 12.4 Å². The number of benzene rings is 1. The van der Waals surface area contributed by atoms with E-state index in [0.717, 1.165) is 54.9 Å². The Morgan fingerprint density at radius 3 is 2.95 bits per heavy atom. The molecule has 2 rings (SSSR count). The van der Waals surface area contributed by atoms with Gasteiger partial charge in [-0.25, -0.2) is 0 Å². The van der Waals surface area contributed by atoms with Crippen LogP contribution in [-0.4, -0.2) is 31.6 Å². The van der Waals surface area contributed by atoms with Crippen molar-refractivity contribution in [1.29, 1.82) is 0 Å². The summed E-state index contributed by atoms with van der Waals surface area (Å²) < 4.78 is 5.27. The van der Waals surface area contributed by atoms with Gasteiger partial charge < -0.3 is 10.5 Å². The molecular weight excluding hydrogens is 295 g/mol. The fourth-order valence-electron chi connectivity index (χ4n) is 2.81. The van der Waals surface area contributed by atoms with Crippen LogP contribution >= 0.6 is 24.0 Å². The SMILES string of the molecule is COc1ccc(Cl)c(CN2CCCC(CCN)C2)c1.Cl. The molecule has 1 fully saturated rings. The Kier molecular flexibility index (Phi) is 7.67. The number of methoxy groups -OCH3 is 1. The van der Waals surface area contributed by atoms with Crippen LogP contribution in [0, 0.1) is 5.92 Å². The molecule has 0 radical (unpaired) electrons. The minimum Gasteiger partial charge on any atom is -0.497 e. The van der Waals surface area contributed by atoms with Gasteiger partial charge in [-0.3, -0.25) is 4.90 Å². The maximum absolute atomic E-state index is 6.27. The van der Waals surface area contributed by atoms with E-state index in [4.69, 9.17) is 22.1 Å². The van der Waals surface area contributed by atoms with E-state index < -0.39 is 0 Å². The molecule has 0 saturated carbocycles. The van der Waals surface area contributed by atoms with Gasteiger partial charge in [-0.1, -0.05) is 11.6 Å². The molecule has 1 atom stereocenters. The number of nitrogens with zero attached hydrogens (tertiary/aromatic N) is 1. The first-order valence-corrected chi connectivity index (χ1v) is 7.35. The van der Waals surface area contributed by atoms with Crippen LogP contribution in [-0.2, 0) is 6.54 Å². The Morgan fingerprint density at radius 1 is 1.45 bits per heavy atom. The van der Waals surface area contributed by atoms with Crippen LogP contribution in [0.1, 0.15) is 24.8 Å². The van der Waals surface area contributed by atoms with Crippen LogP contribution < -0.4 is 10.5 Å². The summed E-state index contributed by atoms with van der Waals surface area (Å²) >= 11 is 6.27. The smallest absolute Gasteiger partial charge is 0.119 e. The number of hydrogen-bond donors (Lipinski definition) is 1. The minimum absolute atomic E-state index is 0. The predicted molar refractivity (Wildman–Crippen MR) is 86.9 cm³/mol. The second-order valence-electron chi connectivity index (χ2n) is 5.28. The van der Waals surface area contributed by atoms with Gasteiger partial charge in [-0.15, -0.1) is 12.4 Å². The van der Waals surface area contributed by atoms with E-state index in [1.54, 1.807) is 7.11 Å². The third-order valence-corrected chi connectivity index (χ3v) is 4.19. The fourth-order valence-corrected chi connectivity index (χ4v) is 2.98. The monoisotopic (exact) mass is 318 g/mol. The quantitative estimate of drug-likeness (QED) is 0.905. The average molecular weight is 319 g/mol. The molecule has 3 nitrogen and oxygen atoms in total. The zero-order valence-corrected chi connectivity index (χ0v) is 13.6. The Labute approximate surface area is 132 Å². The van der Waals surface area contributed by atoms with E-state index >= 15 is 0 Å². The lowest BCUT2D eigenvalue weighted by molar-refractivity contribution is 0.163. The molecule has 0 bridgehead atoms. The highest BCUT2D eigenvalue weighted by molar-refractivity contribution is 6.31. The summed E-state index contributed by atoms with van der Waals surface area (Å²) in [5.41, 5.74) is 6.81. The van der Waals surface area contributed by atoms with Crippen molar-refractivity contribution in [3.63, 3.8) is 0 Å². The minimum atomic E-state index is 0. The number of piperidine rings is 1. The summed E-state index contributed by atoms with van der Waals surface area (Å²) in [6, 6.07) is 5.85. The molecule has 1 saturated heterocycles. The topological polar surface area (TPSA) is 38.5 Å². The summed E-state index contributed by atoms with van der Waals surface area (Å²) in [5.74, 6) is 1.61. The second kappa shape index (κ2) is 8.73. The lowest BCUT2D eigenvalue weighted by Crippen LogP contribution is -2.35. The third-order valence-electron chi connectivity index (χ3n) is 3.82. The molecular formula is C15H24Cl2N2O. The molecule has 0 aromatic heterocycles. The van der Waals surface area contributed by atoms with Gasteiger partial charge >= 0.3 is 0 Å². The molecule has 5 heteroatoms. The summed E-state index contributed by atoms with van der Waals surface area (Å²) in [5, 5.41) is 0.821. The molecule has 1 aliphatic heterocycles. The molecule has 2 N–H and O–H groups in total. The number of nitrogens with two attached hydrogens (primary N) is 1. The van der Waals surface area contributed by atoms with Crippen molar-refractivity contribution in [2.24, 2.45) is 11.7 Å². The molecule has 0 amide bonds. The van der Waals surface area contributed by atoms with Crippen molar-refractivity contribution in [2.45, 2.75) is 25.8 Å². The molecule has 1 unspecified atom stereocenters. The van der Waals surface area contributed by atoms with Gasteiger partial charge in [0, 0.05) is 18.1 Å². The summed E-state index contributed by atoms with van der Waals surface area (Å²) in [4.78, 5) is 2.48. The van der Waals surface area contributed by atoms with E-state index in [2.05, 4.69) is 4.90 Å².